The monoisotopic (exact) mass is 665 g/mol. The van der Waals surface area contributed by atoms with Crippen molar-refractivity contribution in [2.75, 3.05) is 4.90 Å². The molecular formula is C50H35NO. The number of benzene rings is 8. The molecule has 9 aromatic rings. The van der Waals surface area contributed by atoms with E-state index < -0.39 is 0 Å². The highest BCUT2D eigenvalue weighted by Gasteiger charge is 2.19. The van der Waals surface area contributed by atoms with E-state index in [0.29, 0.717) is 0 Å². The Kier molecular flexibility index (Phi) is 7.32. The first-order valence-corrected chi connectivity index (χ1v) is 18.1. The molecule has 0 aliphatic heterocycles. The molecule has 10 rings (SSSR count). The molecule has 0 saturated carbocycles. The second kappa shape index (κ2) is 12.6. The van der Waals surface area contributed by atoms with Gasteiger partial charge in [0.2, 0.25) is 0 Å². The van der Waals surface area contributed by atoms with Crippen LogP contribution >= 0.6 is 0 Å². The zero-order valence-corrected chi connectivity index (χ0v) is 28.7. The number of rotatable bonds is 6. The molecule has 0 N–H and O–H groups in total. The summed E-state index contributed by atoms with van der Waals surface area (Å²) >= 11 is 0. The molecule has 0 amide bonds. The Bertz CT molecular complexity index is 2840. The minimum absolute atomic E-state index is 0.924. The molecule has 2 nitrogen and oxygen atoms in total. The summed E-state index contributed by atoms with van der Waals surface area (Å²) in [7, 11) is 0. The summed E-state index contributed by atoms with van der Waals surface area (Å²) in [6.45, 7) is 0. The van der Waals surface area contributed by atoms with Gasteiger partial charge in [0.25, 0.3) is 0 Å². The molecule has 0 bridgehead atoms. The van der Waals surface area contributed by atoms with E-state index in [-0.39, 0.29) is 0 Å². The first-order chi connectivity index (χ1) is 25.8. The molecule has 1 aromatic heterocycles. The molecule has 52 heavy (non-hydrogen) atoms. The van der Waals surface area contributed by atoms with Crippen molar-refractivity contribution < 1.29 is 4.42 Å². The summed E-state index contributed by atoms with van der Waals surface area (Å²) in [5.41, 5.74) is 12.7. The van der Waals surface area contributed by atoms with Crippen LogP contribution < -0.4 is 4.90 Å². The van der Waals surface area contributed by atoms with E-state index in [1.54, 1.807) is 0 Å². The molecule has 1 aliphatic carbocycles. The molecule has 8 aromatic carbocycles. The summed E-state index contributed by atoms with van der Waals surface area (Å²) in [4.78, 5) is 2.45. The third-order valence-electron chi connectivity index (χ3n) is 10.5. The lowest BCUT2D eigenvalue weighted by atomic mass is 9.91. The van der Waals surface area contributed by atoms with Crippen molar-refractivity contribution in [2.45, 2.75) is 12.8 Å². The Morgan fingerprint density at radius 1 is 0.442 bits per heavy atom. The second-order valence-corrected chi connectivity index (χ2v) is 13.6. The minimum Gasteiger partial charge on any atom is -0.456 e. The molecule has 0 fully saturated rings. The summed E-state index contributed by atoms with van der Waals surface area (Å²) in [6.07, 6.45) is 8.72. The summed E-state index contributed by atoms with van der Waals surface area (Å²) in [5, 5.41) is 7.20. The van der Waals surface area contributed by atoms with Crippen LogP contribution in [0.5, 0.6) is 0 Å². The van der Waals surface area contributed by atoms with Crippen molar-refractivity contribution >= 4 is 54.9 Å². The molecular weight excluding hydrogens is 631 g/mol. The van der Waals surface area contributed by atoms with Crippen molar-refractivity contribution in [3.8, 4) is 33.4 Å². The van der Waals surface area contributed by atoms with Gasteiger partial charge in [-0.1, -0.05) is 133 Å². The number of hydrogen-bond donors (Lipinski definition) is 0. The van der Waals surface area contributed by atoms with Crippen LogP contribution in [0.2, 0.25) is 0 Å². The zero-order chi connectivity index (χ0) is 34.4. The zero-order valence-electron chi connectivity index (χ0n) is 28.7. The average Bonchev–Trinajstić information content (AvgIpc) is 3.61. The third-order valence-corrected chi connectivity index (χ3v) is 10.5. The number of furan rings is 1. The van der Waals surface area contributed by atoms with Gasteiger partial charge in [0.1, 0.15) is 11.2 Å². The van der Waals surface area contributed by atoms with Gasteiger partial charge in [-0.2, -0.15) is 0 Å². The van der Waals surface area contributed by atoms with E-state index in [0.717, 1.165) is 40.8 Å². The van der Waals surface area contributed by atoms with Gasteiger partial charge in [0.15, 0.2) is 0 Å². The molecule has 246 valence electrons. The summed E-state index contributed by atoms with van der Waals surface area (Å²) < 4.78 is 6.21. The largest absolute Gasteiger partial charge is 0.456 e. The van der Waals surface area contributed by atoms with Gasteiger partial charge in [0.05, 0.1) is 0 Å². The maximum Gasteiger partial charge on any atom is 0.136 e. The number of anilines is 2. The smallest absolute Gasteiger partial charge is 0.136 e. The van der Waals surface area contributed by atoms with Gasteiger partial charge in [-0.05, 0) is 122 Å². The maximum atomic E-state index is 6.21. The van der Waals surface area contributed by atoms with Gasteiger partial charge >= 0.3 is 0 Å². The van der Waals surface area contributed by atoms with E-state index in [4.69, 9.17) is 4.42 Å². The molecule has 1 aliphatic rings. The Labute approximate surface area is 303 Å². The lowest BCUT2D eigenvalue weighted by Crippen LogP contribution is -2.17. The molecule has 0 saturated heterocycles. The quantitative estimate of drug-likeness (QED) is 0.176. The SMILES string of the molecule is C1=CCCC(N(c2ccc(-c3ccc4c(ccc5oc6ccccc6c54)c3)c(-c3ccccc3)c2)c2ccc3cc(-c4ccccc4)ccc3c2)=C1. The Morgan fingerprint density at radius 2 is 1.13 bits per heavy atom. The van der Waals surface area contributed by atoms with E-state index >= 15 is 0 Å². The molecule has 2 heteroatoms. The van der Waals surface area contributed by atoms with Gasteiger partial charge in [0, 0.05) is 27.8 Å². The van der Waals surface area contributed by atoms with Crippen molar-refractivity contribution in [3.63, 3.8) is 0 Å². The molecule has 0 unspecified atom stereocenters. The Balaban J connectivity index is 1.11. The Morgan fingerprint density at radius 3 is 1.98 bits per heavy atom. The standard InChI is InChI=1S/C50H35NO/c1-4-12-34(13-5-1)36-20-21-38-32-42(25-22-37(38)30-36)51(41-16-8-3-9-17-41)43-26-28-44(47(33-43)35-14-6-2-7-15-35)39-23-27-45-40(31-39)24-29-49-50(45)46-18-10-11-19-48(46)52-49/h1-8,10-16,18-33H,9,17H2. The van der Waals surface area contributed by atoms with Crippen molar-refractivity contribution in [3.05, 3.63) is 194 Å². The molecule has 0 spiro atoms. The van der Waals surface area contributed by atoms with Crippen LogP contribution in [0.15, 0.2) is 198 Å². The van der Waals surface area contributed by atoms with Gasteiger partial charge in [-0.3, -0.25) is 0 Å². The van der Waals surface area contributed by atoms with Crippen LogP contribution in [0.25, 0.3) is 76.9 Å². The molecule has 0 radical (unpaired) electrons. The van der Waals surface area contributed by atoms with E-state index in [1.807, 2.05) is 12.1 Å². The Hall–Kier alpha value is -6.64. The van der Waals surface area contributed by atoms with Crippen molar-refractivity contribution in [1.29, 1.82) is 0 Å². The maximum absolute atomic E-state index is 6.21. The van der Waals surface area contributed by atoms with Crippen molar-refractivity contribution in [1.82, 2.24) is 0 Å². The summed E-state index contributed by atoms with van der Waals surface area (Å²) in [6, 6.07) is 61.5. The topological polar surface area (TPSA) is 16.4 Å². The second-order valence-electron chi connectivity index (χ2n) is 13.6. The van der Waals surface area contributed by atoms with E-state index in [1.165, 1.54) is 66.0 Å². The number of hydrogen-bond acceptors (Lipinski definition) is 2. The number of para-hydroxylation sites is 1. The average molecular weight is 666 g/mol. The lowest BCUT2D eigenvalue weighted by molar-refractivity contribution is 0.669. The third kappa shape index (κ3) is 5.28. The fraction of sp³-hybridized carbons (Fsp3) is 0.0400. The molecule has 1 heterocycles. The summed E-state index contributed by atoms with van der Waals surface area (Å²) in [5.74, 6) is 0. The van der Waals surface area contributed by atoms with E-state index in [2.05, 4.69) is 181 Å². The highest BCUT2D eigenvalue weighted by Crippen LogP contribution is 2.42. The van der Waals surface area contributed by atoms with Crippen LogP contribution in [0.1, 0.15) is 12.8 Å². The number of fused-ring (bicyclic) bond motifs is 6. The molecule has 0 atom stereocenters. The highest BCUT2D eigenvalue weighted by atomic mass is 16.3. The van der Waals surface area contributed by atoms with Crippen LogP contribution in [0, 0.1) is 0 Å². The number of nitrogens with zero attached hydrogens (tertiary/aromatic N) is 1. The fourth-order valence-corrected chi connectivity index (χ4v) is 7.94. The van der Waals surface area contributed by atoms with Crippen LogP contribution in [-0.2, 0) is 0 Å². The van der Waals surface area contributed by atoms with Crippen molar-refractivity contribution in [2.24, 2.45) is 0 Å². The van der Waals surface area contributed by atoms with Gasteiger partial charge in [-0.25, -0.2) is 0 Å². The lowest BCUT2D eigenvalue weighted by Gasteiger charge is -2.30. The highest BCUT2D eigenvalue weighted by molar-refractivity contribution is 6.19. The predicted molar refractivity (Wildman–Crippen MR) is 220 cm³/mol. The van der Waals surface area contributed by atoms with E-state index in [9.17, 15) is 0 Å². The van der Waals surface area contributed by atoms with Crippen LogP contribution in [0.4, 0.5) is 11.4 Å². The van der Waals surface area contributed by atoms with Gasteiger partial charge < -0.3 is 9.32 Å². The predicted octanol–water partition coefficient (Wildman–Crippen LogP) is 14.3. The van der Waals surface area contributed by atoms with Crippen LogP contribution in [-0.4, -0.2) is 0 Å². The first kappa shape index (κ1) is 30.2. The number of allylic oxidation sites excluding steroid dienone is 4. The fourth-order valence-electron chi connectivity index (χ4n) is 7.94. The minimum atomic E-state index is 0.924. The van der Waals surface area contributed by atoms with Crippen LogP contribution in [0.3, 0.4) is 0 Å². The normalized spacial score (nSPS) is 12.9. The van der Waals surface area contributed by atoms with Gasteiger partial charge in [-0.15, -0.1) is 0 Å². The first-order valence-electron chi connectivity index (χ1n) is 18.1.